The lowest BCUT2D eigenvalue weighted by Crippen LogP contribution is -2.57. The molecule has 2 aliphatic heterocycles. The molecule has 0 saturated heterocycles. The highest BCUT2D eigenvalue weighted by Crippen LogP contribution is 2.46. The Morgan fingerprint density at radius 1 is 1.30 bits per heavy atom. The minimum Gasteiger partial charge on any atom is -0.496 e. The van der Waals surface area contributed by atoms with Crippen LogP contribution in [0.5, 0.6) is 11.5 Å². The van der Waals surface area contributed by atoms with Crippen LogP contribution < -0.4 is 20.2 Å². The molecule has 146 valence electrons. The summed E-state index contributed by atoms with van der Waals surface area (Å²) >= 11 is 0. The van der Waals surface area contributed by atoms with Crippen LogP contribution in [0.1, 0.15) is 38.2 Å². The van der Waals surface area contributed by atoms with E-state index in [1.807, 2.05) is 0 Å². The zero-order valence-electron chi connectivity index (χ0n) is 15.7. The highest BCUT2D eigenvalue weighted by molar-refractivity contribution is 5.93. The number of nitrogens with zero attached hydrogens (tertiary/aromatic N) is 1. The van der Waals surface area contributed by atoms with Gasteiger partial charge in [0.15, 0.2) is 0 Å². The predicted octanol–water partition coefficient (Wildman–Crippen LogP) is 2.04. The summed E-state index contributed by atoms with van der Waals surface area (Å²) in [4.78, 5) is 17.8. The Morgan fingerprint density at radius 3 is 2.56 bits per heavy atom. The Labute approximate surface area is 158 Å². The van der Waals surface area contributed by atoms with E-state index in [0.717, 1.165) is 12.8 Å². The van der Waals surface area contributed by atoms with Crippen molar-refractivity contribution in [2.45, 2.75) is 38.3 Å². The zero-order valence-corrected chi connectivity index (χ0v) is 15.7. The molecule has 0 aromatic heterocycles. The van der Waals surface area contributed by atoms with Crippen LogP contribution in [0, 0.1) is 0 Å². The van der Waals surface area contributed by atoms with Crippen LogP contribution in [0.3, 0.4) is 0 Å². The van der Waals surface area contributed by atoms with Gasteiger partial charge in [-0.2, -0.15) is 0 Å². The van der Waals surface area contributed by atoms with Gasteiger partial charge in [-0.3, -0.25) is 10.2 Å². The molecular formula is C19H25N3O5. The van der Waals surface area contributed by atoms with Crippen LogP contribution in [-0.2, 0) is 9.63 Å². The molecule has 3 rings (SSSR count). The molecule has 27 heavy (non-hydrogen) atoms. The third-order valence-electron chi connectivity index (χ3n) is 4.62. The van der Waals surface area contributed by atoms with Crippen molar-refractivity contribution in [3.05, 3.63) is 41.9 Å². The van der Waals surface area contributed by atoms with Crippen molar-refractivity contribution in [3.8, 4) is 11.5 Å². The van der Waals surface area contributed by atoms with Gasteiger partial charge in [0.25, 0.3) is 0 Å². The normalized spacial score (nSPS) is 22.3. The van der Waals surface area contributed by atoms with E-state index in [4.69, 9.17) is 14.3 Å². The van der Waals surface area contributed by atoms with E-state index in [1.165, 1.54) is 17.6 Å². The number of ether oxygens (including phenoxy) is 2. The summed E-state index contributed by atoms with van der Waals surface area (Å²) in [7, 11) is 3.11. The van der Waals surface area contributed by atoms with E-state index in [-0.39, 0.29) is 12.3 Å². The summed E-state index contributed by atoms with van der Waals surface area (Å²) in [6.07, 6.45) is 5.09. The molecule has 8 nitrogen and oxygen atoms in total. The van der Waals surface area contributed by atoms with Crippen molar-refractivity contribution in [3.63, 3.8) is 0 Å². The zero-order chi connectivity index (χ0) is 19.4. The first kappa shape index (κ1) is 19.1. The second-order valence-corrected chi connectivity index (χ2v) is 6.37. The number of benzene rings is 1. The monoisotopic (exact) mass is 375 g/mol. The molecule has 1 atom stereocenters. The first-order chi connectivity index (χ1) is 13.0. The molecule has 0 bridgehead atoms. The van der Waals surface area contributed by atoms with E-state index in [2.05, 4.69) is 17.7 Å². The minimum atomic E-state index is -1.75. The van der Waals surface area contributed by atoms with Crippen molar-refractivity contribution in [1.82, 2.24) is 15.9 Å². The van der Waals surface area contributed by atoms with Crippen LogP contribution in [0.2, 0.25) is 0 Å². The topological polar surface area (TPSA) is 92.3 Å². The molecule has 0 fully saturated rings. The first-order valence-electron chi connectivity index (χ1n) is 8.90. The fourth-order valence-electron chi connectivity index (χ4n) is 3.41. The summed E-state index contributed by atoms with van der Waals surface area (Å²) in [5.74, 6) is 0.763. The summed E-state index contributed by atoms with van der Waals surface area (Å²) < 4.78 is 11.1. The molecule has 0 radical (unpaired) electrons. The lowest BCUT2D eigenvalue weighted by Gasteiger charge is -2.41. The number of hydrogen-bond donors (Lipinski definition) is 3. The highest BCUT2D eigenvalue weighted by Gasteiger charge is 2.50. The van der Waals surface area contributed by atoms with Gasteiger partial charge in [-0.05, 0) is 30.1 Å². The number of carbonyl (C=O) groups excluding carboxylic acids is 1. The molecule has 3 N–H and O–H groups in total. The van der Waals surface area contributed by atoms with Gasteiger partial charge in [0.1, 0.15) is 17.8 Å². The van der Waals surface area contributed by atoms with Gasteiger partial charge in [0, 0.05) is 11.3 Å². The molecule has 0 saturated carbocycles. The molecule has 1 unspecified atom stereocenters. The van der Waals surface area contributed by atoms with Crippen molar-refractivity contribution in [2.75, 3.05) is 14.2 Å². The number of rotatable bonds is 7. The molecule has 1 aromatic rings. The number of hydrazine groups is 1. The molecule has 1 amide bonds. The van der Waals surface area contributed by atoms with E-state index in [9.17, 15) is 9.90 Å². The van der Waals surface area contributed by atoms with Crippen molar-refractivity contribution < 1.29 is 24.2 Å². The van der Waals surface area contributed by atoms with Gasteiger partial charge < -0.3 is 24.7 Å². The number of methoxy groups -OCH3 is 2. The summed E-state index contributed by atoms with van der Waals surface area (Å²) in [5, 5.41) is 15.7. The Kier molecular flexibility index (Phi) is 5.57. The lowest BCUT2D eigenvalue weighted by atomic mass is 9.85. The predicted molar refractivity (Wildman–Crippen MR) is 98.9 cm³/mol. The number of aliphatic hydroxyl groups is 1. The third-order valence-corrected chi connectivity index (χ3v) is 4.62. The fourth-order valence-corrected chi connectivity index (χ4v) is 3.41. The van der Waals surface area contributed by atoms with E-state index in [1.54, 1.807) is 32.4 Å². The molecule has 2 aliphatic rings. The van der Waals surface area contributed by atoms with Gasteiger partial charge in [0.05, 0.1) is 32.4 Å². The number of hydroxylamine groups is 1. The molecule has 8 heteroatoms. The van der Waals surface area contributed by atoms with E-state index in [0.29, 0.717) is 34.8 Å². The number of hydrogen-bond acceptors (Lipinski definition) is 7. The van der Waals surface area contributed by atoms with E-state index >= 15 is 0 Å². The maximum absolute atomic E-state index is 12.4. The van der Waals surface area contributed by atoms with Crippen molar-refractivity contribution in [2.24, 2.45) is 0 Å². The molecule has 0 aliphatic carbocycles. The van der Waals surface area contributed by atoms with Crippen molar-refractivity contribution >= 4 is 11.5 Å². The van der Waals surface area contributed by atoms with Crippen LogP contribution >= 0.6 is 0 Å². The first-order valence-corrected chi connectivity index (χ1v) is 8.90. The van der Waals surface area contributed by atoms with Gasteiger partial charge >= 0.3 is 0 Å². The molecule has 2 heterocycles. The second kappa shape index (κ2) is 7.89. The summed E-state index contributed by atoms with van der Waals surface area (Å²) in [5.41, 5.74) is 2.76. The van der Waals surface area contributed by atoms with E-state index < -0.39 is 5.72 Å². The highest BCUT2D eigenvalue weighted by atomic mass is 16.7. The van der Waals surface area contributed by atoms with Gasteiger partial charge in [-0.1, -0.05) is 19.4 Å². The smallest absolute Gasteiger partial charge is 0.229 e. The maximum Gasteiger partial charge on any atom is 0.229 e. The number of unbranched alkanes of at least 4 members (excludes halogenated alkanes) is 1. The maximum atomic E-state index is 12.4. The Balaban J connectivity index is 2.25. The molecular weight excluding hydrogens is 350 g/mol. The third kappa shape index (κ3) is 3.45. The largest absolute Gasteiger partial charge is 0.496 e. The van der Waals surface area contributed by atoms with Crippen molar-refractivity contribution in [1.29, 1.82) is 0 Å². The average molecular weight is 375 g/mol. The Bertz CT molecular complexity index is 746. The average Bonchev–Trinajstić information content (AvgIpc) is 3.21. The molecule has 1 aromatic carbocycles. The Hall–Kier alpha value is -2.71. The Morgan fingerprint density at radius 2 is 2.00 bits per heavy atom. The van der Waals surface area contributed by atoms with Crippen LogP contribution in [-0.4, -0.2) is 36.1 Å². The number of amides is 1. The minimum absolute atomic E-state index is 0.214. The second-order valence-electron chi connectivity index (χ2n) is 6.37. The van der Waals surface area contributed by atoms with Crippen LogP contribution in [0.4, 0.5) is 0 Å². The van der Waals surface area contributed by atoms with Gasteiger partial charge in [0.2, 0.25) is 11.6 Å². The summed E-state index contributed by atoms with van der Waals surface area (Å²) in [6, 6.07) is 5.38. The SMILES string of the molecule is CCCCC1=C(c2c(OC)cccc2OC)C(O)(N2NC=CO2)CC(=O)N1. The van der Waals surface area contributed by atoms with Crippen LogP contribution in [0.15, 0.2) is 36.4 Å². The number of nitrogens with one attached hydrogen (secondary N) is 2. The number of carbonyl (C=O) groups is 1. The van der Waals surface area contributed by atoms with Gasteiger partial charge in [-0.25, -0.2) is 0 Å². The molecule has 0 spiro atoms. The number of allylic oxidation sites excluding steroid dienone is 1. The quantitative estimate of drug-likeness (QED) is 0.672. The standard InChI is InChI=1S/C19H25N3O5/c1-4-5-7-13-18(17-14(25-2)8-6-9-15(17)26-3)19(24,12-16(23)21-13)22-20-10-11-27-22/h6,8-11,20,24H,4-5,7,12H2,1-3H3,(H,21,23). The van der Waals surface area contributed by atoms with Crippen LogP contribution in [0.25, 0.3) is 5.57 Å². The summed E-state index contributed by atoms with van der Waals surface area (Å²) in [6.45, 7) is 2.07. The fraction of sp³-hybridized carbons (Fsp3) is 0.421. The lowest BCUT2D eigenvalue weighted by molar-refractivity contribution is -0.249. The van der Waals surface area contributed by atoms with Gasteiger partial charge in [-0.15, -0.1) is 0 Å².